The van der Waals surface area contributed by atoms with Crippen LogP contribution in [0, 0.1) is 5.92 Å². The van der Waals surface area contributed by atoms with Gasteiger partial charge < -0.3 is 24.1 Å². The maximum Gasteiger partial charge on any atom is 0.306 e. The predicted octanol–water partition coefficient (Wildman–Crippen LogP) is 4.00. The van der Waals surface area contributed by atoms with Crippen LogP contribution >= 0.6 is 0 Å². The fraction of sp³-hybridized carbons (Fsp3) is 0.458. The summed E-state index contributed by atoms with van der Waals surface area (Å²) < 4.78 is 22.7. The van der Waals surface area contributed by atoms with Gasteiger partial charge in [0.15, 0.2) is 11.5 Å². The molecule has 1 N–H and O–H groups in total. The number of hydrogen-bond donors (Lipinski definition) is 1. The highest BCUT2D eigenvalue weighted by molar-refractivity contribution is 5.70. The van der Waals surface area contributed by atoms with Crippen molar-refractivity contribution in [2.24, 2.45) is 5.92 Å². The Bertz CT molecular complexity index is 869. The molecule has 3 rings (SSSR count). The van der Waals surface area contributed by atoms with E-state index < -0.39 is 5.97 Å². The van der Waals surface area contributed by atoms with Crippen LogP contribution in [0.3, 0.4) is 0 Å². The Morgan fingerprint density at radius 3 is 2.13 bits per heavy atom. The lowest BCUT2D eigenvalue weighted by Crippen LogP contribution is -2.39. The number of aliphatic carboxylic acids is 1. The molecule has 1 unspecified atom stereocenters. The summed E-state index contributed by atoms with van der Waals surface area (Å²) in [5, 5.41) is 9.43. The summed E-state index contributed by atoms with van der Waals surface area (Å²) in [7, 11) is 4.91. The fourth-order valence-electron chi connectivity index (χ4n) is 4.25. The molecule has 0 spiro atoms. The predicted molar refractivity (Wildman–Crippen MR) is 117 cm³/mol. The second kappa shape index (κ2) is 10.4. The normalized spacial score (nSPS) is 15.9. The molecule has 7 nitrogen and oxygen atoms in total. The highest BCUT2D eigenvalue weighted by Gasteiger charge is 2.33. The molecule has 168 valence electrons. The van der Waals surface area contributed by atoms with Crippen molar-refractivity contribution in [3.63, 3.8) is 0 Å². The molecule has 1 heterocycles. The lowest BCUT2D eigenvalue weighted by atomic mass is 9.90. The van der Waals surface area contributed by atoms with Crippen LogP contribution in [-0.4, -0.2) is 57.0 Å². The number of methoxy groups -OCH3 is 3. The minimum Gasteiger partial charge on any atom is -0.496 e. The first kappa shape index (κ1) is 22.7. The maximum absolute atomic E-state index is 11.5. The molecule has 0 saturated carbocycles. The van der Waals surface area contributed by atoms with Crippen molar-refractivity contribution < 1.29 is 28.8 Å². The molecule has 2 aromatic rings. The molecule has 0 aromatic heterocycles. The average molecular weight is 430 g/mol. The lowest BCUT2D eigenvalue weighted by Gasteiger charge is -2.38. The van der Waals surface area contributed by atoms with Gasteiger partial charge in [-0.05, 0) is 62.7 Å². The van der Waals surface area contributed by atoms with E-state index in [0.29, 0.717) is 44.0 Å². The number of piperidine rings is 1. The molecule has 0 aliphatic carbocycles. The summed E-state index contributed by atoms with van der Waals surface area (Å²) in [5.74, 6) is 1.74. The average Bonchev–Trinajstić information content (AvgIpc) is 2.80. The number of rotatable bonds is 9. The van der Waals surface area contributed by atoms with Crippen molar-refractivity contribution in [3.05, 3.63) is 47.5 Å². The molecule has 7 heteroatoms. The third kappa shape index (κ3) is 4.88. The van der Waals surface area contributed by atoms with Gasteiger partial charge in [0.2, 0.25) is 0 Å². The summed E-state index contributed by atoms with van der Waals surface area (Å²) in [5.41, 5.74) is 1.91. The molecule has 1 fully saturated rings. The van der Waals surface area contributed by atoms with Gasteiger partial charge in [-0.3, -0.25) is 9.69 Å². The van der Waals surface area contributed by atoms with Crippen LogP contribution in [0.4, 0.5) is 0 Å². The Morgan fingerprint density at radius 1 is 1.00 bits per heavy atom. The van der Waals surface area contributed by atoms with Gasteiger partial charge in [-0.2, -0.15) is 0 Å². The number of hydrogen-bond acceptors (Lipinski definition) is 6. The highest BCUT2D eigenvalue weighted by atomic mass is 16.5. The molecular weight excluding hydrogens is 398 g/mol. The van der Waals surface area contributed by atoms with E-state index in [-0.39, 0.29) is 12.0 Å². The Balaban J connectivity index is 2.11. The second-order valence-electron chi connectivity index (χ2n) is 7.47. The Kier molecular flexibility index (Phi) is 7.63. The number of carboxylic acids is 1. The largest absolute Gasteiger partial charge is 0.496 e. The Morgan fingerprint density at radius 2 is 1.61 bits per heavy atom. The first-order valence-corrected chi connectivity index (χ1v) is 10.5. The smallest absolute Gasteiger partial charge is 0.306 e. The van der Waals surface area contributed by atoms with Crippen molar-refractivity contribution >= 4 is 5.97 Å². The van der Waals surface area contributed by atoms with E-state index in [9.17, 15) is 9.90 Å². The molecular formula is C24H31NO6. The highest BCUT2D eigenvalue weighted by Crippen LogP contribution is 2.44. The Hall–Kier alpha value is -2.93. The molecule has 1 aliphatic rings. The SMILES string of the molecule is CCOc1cc(C(c2c(OC)cccc2OC)N2CCC(C(=O)O)CC2)ccc1OC. The maximum atomic E-state index is 11.5. The van der Waals surface area contributed by atoms with Gasteiger partial charge in [0, 0.05) is 0 Å². The summed E-state index contributed by atoms with van der Waals surface area (Å²) in [4.78, 5) is 13.8. The zero-order valence-electron chi connectivity index (χ0n) is 18.6. The number of nitrogens with zero attached hydrogens (tertiary/aromatic N) is 1. The first-order chi connectivity index (χ1) is 15.0. The fourth-order valence-corrected chi connectivity index (χ4v) is 4.25. The zero-order valence-corrected chi connectivity index (χ0v) is 18.6. The van der Waals surface area contributed by atoms with E-state index in [4.69, 9.17) is 18.9 Å². The summed E-state index contributed by atoms with van der Waals surface area (Å²) in [6.45, 7) is 3.76. The molecule has 31 heavy (non-hydrogen) atoms. The standard InChI is InChI=1S/C24H31NO6/c1-5-31-21-15-17(9-10-18(21)28-2)23(25-13-11-16(12-14-25)24(26)27)22-19(29-3)7-6-8-20(22)30-4/h6-10,15-16,23H,5,11-14H2,1-4H3,(H,26,27). The third-order valence-electron chi connectivity index (χ3n) is 5.79. The number of benzene rings is 2. The van der Waals surface area contributed by atoms with Crippen LogP contribution in [0.1, 0.15) is 36.9 Å². The van der Waals surface area contributed by atoms with Crippen LogP contribution in [0.25, 0.3) is 0 Å². The molecule has 2 aromatic carbocycles. The number of carboxylic acid groups (broad SMARTS) is 1. The minimum atomic E-state index is -0.728. The quantitative estimate of drug-likeness (QED) is 0.646. The van der Waals surface area contributed by atoms with Crippen molar-refractivity contribution in [2.75, 3.05) is 41.0 Å². The van der Waals surface area contributed by atoms with Gasteiger partial charge in [-0.25, -0.2) is 0 Å². The summed E-state index contributed by atoms with van der Waals surface area (Å²) >= 11 is 0. The van der Waals surface area contributed by atoms with Crippen molar-refractivity contribution in [1.82, 2.24) is 4.90 Å². The topological polar surface area (TPSA) is 77.5 Å². The number of likely N-dealkylation sites (tertiary alicyclic amines) is 1. The molecule has 0 amide bonds. The summed E-state index contributed by atoms with van der Waals surface area (Å²) in [6.07, 6.45) is 1.19. The van der Waals surface area contributed by atoms with E-state index in [2.05, 4.69) is 4.90 Å². The van der Waals surface area contributed by atoms with E-state index in [1.54, 1.807) is 21.3 Å². The molecule has 1 aliphatic heterocycles. The summed E-state index contributed by atoms with van der Waals surface area (Å²) in [6, 6.07) is 11.5. The molecule has 0 radical (unpaired) electrons. The van der Waals surface area contributed by atoms with E-state index >= 15 is 0 Å². The van der Waals surface area contributed by atoms with Crippen molar-refractivity contribution in [1.29, 1.82) is 0 Å². The number of ether oxygens (including phenoxy) is 4. The lowest BCUT2D eigenvalue weighted by molar-refractivity contribution is -0.143. The molecule has 1 saturated heterocycles. The molecule has 1 atom stereocenters. The van der Waals surface area contributed by atoms with Gasteiger partial charge >= 0.3 is 5.97 Å². The van der Waals surface area contributed by atoms with Gasteiger partial charge in [0.05, 0.1) is 45.5 Å². The van der Waals surface area contributed by atoms with Crippen LogP contribution in [0.15, 0.2) is 36.4 Å². The minimum absolute atomic E-state index is 0.189. The zero-order chi connectivity index (χ0) is 22.4. The third-order valence-corrected chi connectivity index (χ3v) is 5.79. The van der Waals surface area contributed by atoms with Gasteiger partial charge in [-0.1, -0.05) is 12.1 Å². The van der Waals surface area contributed by atoms with E-state index in [0.717, 1.165) is 22.6 Å². The van der Waals surface area contributed by atoms with Crippen LogP contribution in [0.5, 0.6) is 23.0 Å². The Labute approximate surface area is 183 Å². The second-order valence-corrected chi connectivity index (χ2v) is 7.47. The monoisotopic (exact) mass is 429 g/mol. The van der Waals surface area contributed by atoms with E-state index in [1.165, 1.54) is 0 Å². The number of carbonyl (C=O) groups is 1. The van der Waals surface area contributed by atoms with Crippen LogP contribution < -0.4 is 18.9 Å². The van der Waals surface area contributed by atoms with Crippen LogP contribution in [-0.2, 0) is 4.79 Å². The van der Waals surface area contributed by atoms with Gasteiger partial charge in [0.25, 0.3) is 0 Å². The van der Waals surface area contributed by atoms with Gasteiger partial charge in [0.1, 0.15) is 11.5 Å². The van der Waals surface area contributed by atoms with Gasteiger partial charge in [-0.15, -0.1) is 0 Å². The first-order valence-electron chi connectivity index (χ1n) is 10.5. The van der Waals surface area contributed by atoms with Crippen LogP contribution in [0.2, 0.25) is 0 Å². The van der Waals surface area contributed by atoms with Crippen molar-refractivity contribution in [2.45, 2.75) is 25.8 Å². The molecule has 0 bridgehead atoms. The van der Waals surface area contributed by atoms with Crippen molar-refractivity contribution in [3.8, 4) is 23.0 Å². The van der Waals surface area contributed by atoms with E-state index in [1.807, 2.05) is 43.3 Å².